The van der Waals surface area contributed by atoms with Gasteiger partial charge in [-0.05, 0) is 20.3 Å². The Balaban J connectivity index is 4.48. The number of carbonyl (C=O) groups is 2. The monoisotopic (exact) mass is 366 g/mol. The average molecular weight is 366 g/mol. The van der Waals surface area contributed by atoms with Crippen LogP contribution in [-0.2, 0) is 28.5 Å². The maximum absolute atomic E-state index is 12.0. The number of ether oxygens (including phenoxy) is 4. The Morgan fingerprint density at radius 3 is 1.46 bits per heavy atom. The summed E-state index contributed by atoms with van der Waals surface area (Å²) in [5, 5.41) is 0. The average Bonchev–Trinajstić information content (AvgIpc) is 2.53. The van der Waals surface area contributed by atoms with Crippen molar-refractivity contribution in [3.63, 3.8) is 0 Å². The third-order valence-electron chi connectivity index (χ3n) is 2.83. The first-order chi connectivity index (χ1) is 12.2. The van der Waals surface area contributed by atoms with E-state index in [1.807, 2.05) is 20.8 Å². The van der Waals surface area contributed by atoms with Gasteiger partial charge in [0, 0.05) is 6.42 Å². The molecule has 0 amide bonds. The Labute approximate surface area is 156 Å². The van der Waals surface area contributed by atoms with Gasteiger partial charge in [0.15, 0.2) is 0 Å². The van der Waals surface area contributed by atoms with E-state index in [0.29, 0.717) is 26.1 Å². The van der Waals surface area contributed by atoms with E-state index in [1.54, 1.807) is 0 Å². The minimum Gasteiger partial charge on any atom is -0.422 e. The molecule has 0 saturated carbocycles. The molecule has 0 heterocycles. The molecule has 26 heavy (non-hydrogen) atoms. The highest BCUT2D eigenvalue weighted by atomic mass is 16.7. The van der Waals surface area contributed by atoms with Crippen molar-refractivity contribution in [3.05, 3.63) is 48.6 Å². The summed E-state index contributed by atoms with van der Waals surface area (Å²) >= 11 is 0. The van der Waals surface area contributed by atoms with Crippen molar-refractivity contribution in [1.82, 2.24) is 0 Å². The fourth-order valence-electron chi connectivity index (χ4n) is 1.60. The van der Waals surface area contributed by atoms with E-state index in [1.165, 1.54) is 0 Å². The van der Waals surface area contributed by atoms with Crippen LogP contribution in [-0.4, -0.2) is 44.7 Å². The van der Waals surface area contributed by atoms with Gasteiger partial charge in [0.25, 0.3) is 0 Å². The van der Waals surface area contributed by atoms with Crippen LogP contribution in [0.3, 0.4) is 0 Å². The molecule has 146 valence electrons. The lowest BCUT2D eigenvalue weighted by molar-refractivity contribution is -0.184. The molecule has 0 aliphatic heterocycles. The van der Waals surface area contributed by atoms with Gasteiger partial charge in [-0.15, -0.1) is 0 Å². The molecule has 0 aliphatic carbocycles. The Kier molecular flexibility index (Phi) is 12.0. The highest BCUT2D eigenvalue weighted by Crippen LogP contribution is 2.11. The Hall–Kier alpha value is -2.18. The number of hydrogen-bond acceptors (Lipinski definition) is 6. The number of hydrogen-bond donors (Lipinski definition) is 0. The molecule has 0 unspecified atom stereocenters. The lowest BCUT2D eigenvalue weighted by atomic mass is 10.3. The van der Waals surface area contributed by atoms with Gasteiger partial charge in [-0.25, -0.2) is 9.59 Å². The summed E-state index contributed by atoms with van der Waals surface area (Å²) in [6, 6.07) is 0. The molecule has 0 N–H and O–H groups in total. The highest BCUT2D eigenvalue weighted by molar-refractivity contribution is 5.89. The summed E-state index contributed by atoms with van der Waals surface area (Å²) in [5.41, 5.74) is 1.92. The number of esters is 2. The largest absolute Gasteiger partial charge is 0.422 e. The van der Waals surface area contributed by atoms with E-state index < -0.39 is 18.2 Å². The first-order valence-corrected chi connectivity index (χ1v) is 8.39. The standard InChI is InChI=1S/C20H30O6/c1-8-9-18(25-19(21)16(6)12-23-10-14(2)3)26-20(22)17(7)13-24-11-15(4)5/h18H,2,4,6-13H2,1,3,5H3. The van der Waals surface area contributed by atoms with E-state index in [9.17, 15) is 9.59 Å². The van der Waals surface area contributed by atoms with Gasteiger partial charge in [-0.3, -0.25) is 0 Å². The molecule has 0 aromatic carbocycles. The smallest absolute Gasteiger partial charge is 0.338 e. The van der Waals surface area contributed by atoms with E-state index in [4.69, 9.17) is 18.9 Å². The second-order valence-corrected chi connectivity index (χ2v) is 6.14. The van der Waals surface area contributed by atoms with Gasteiger partial charge in [0.05, 0.1) is 37.6 Å². The summed E-state index contributed by atoms with van der Waals surface area (Å²) in [6.07, 6.45) is -0.00412. The normalized spacial score (nSPS) is 10.3. The zero-order chi connectivity index (χ0) is 20.1. The van der Waals surface area contributed by atoms with Crippen molar-refractivity contribution in [2.75, 3.05) is 26.4 Å². The van der Waals surface area contributed by atoms with Crippen molar-refractivity contribution in [1.29, 1.82) is 0 Å². The second-order valence-electron chi connectivity index (χ2n) is 6.14. The van der Waals surface area contributed by atoms with Crippen LogP contribution in [0.4, 0.5) is 0 Å². The van der Waals surface area contributed by atoms with Crippen LogP contribution in [0.1, 0.15) is 33.6 Å². The lowest BCUT2D eigenvalue weighted by Gasteiger charge is -2.19. The maximum atomic E-state index is 12.0. The predicted octanol–water partition coefficient (Wildman–Crippen LogP) is 3.50. The second kappa shape index (κ2) is 13.1. The molecule has 0 bridgehead atoms. The first kappa shape index (κ1) is 23.8. The van der Waals surface area contributed by atoms with Crippen LogP contribution in [0.2, 0.25) is 0 Å². The van der Waals surface area contributed by atoms with Crippen LogP contribution in [0.15, 0.2) is 48.6 Å². The van der Waals surface area contributed by atoms with Gasteiger partial charge in [0.1, 0.15) is 0 Å². The Morgan fingerprint density at radius 2 is 1.15 bits per heavy atom. The topological polar surface area (TPSA) is 71.1 Å². The Morgan fingerprint density at radius 1 is 0.769 bits per heavy atom. The molecule has 0 saturated heterocycles. The van der Waals surface area contributed by atoms with Gasteiger partial charge >= 0.3 is 11.9 Å². The zero-order valence-electron chi connectivity index (χ0n) is 16.1. The minimum absolute atomic E-state index is 0.0138. The summed E-state index contributed by atoms with van der Waals surface area (Å²) in [5.74, 6) is -1.36. The number of carbonyl (C=O) groups excluding carboxylic acids is 2. The van der Waals surface area contributed by atoms with Crippen LogP contribution in [0.5, 0.6) is 0 Å². The maximum Gasteiger partial charge on any atom is 0.338 e. The first-order valence-electron chi connectivity index (χ1n) is 8.39. The van der Waals surface area contributed by atoms with Crippen molar-refractivity contribution in [2.24, 2.45) is 0 Å². The van der Waals surface area contributed by atoms with Crippen LogP contribution in [0.25, 0.3) is 0 Å². The molecule has 6 heteroatoms. The van der Waals surface area contributed by atoms with E-state index in [2.05, 4.69) is 26.3 Å². The fourth-order valence-corrected chi connectivity index (χ4v) is 1.60. The molecular weight excluding hydrogens is 336 g/mol. The van der Waals surface area contributed by atoms with Gasteiger partial charge in [-0.2, -0.15) is 0 Å². The summed E-state index contributed by atoms with van der Waals surface area (Å²) in [4.78, 5) is 24.1. The quantitative estimate of drug-likeness (QED) is 0.203. The molecule has 0 spiro atoms. The van der Waals surface area contributed by atoms with E-state index in [-0.39, 0.29) is 24.4 Å². The SMILES string of the molecule is C=C(C)COCC(=C)C(=O)OC(CCC)OC(=O)C(=C)COCC(=C)C. The third-order valence-corrected chi connectivity index (χ3v) is 2.83. The lowest BCUT2D eigenvalue weighted by Crippen LogP contribution is -2.27. The van der Waals surface area contributed by atoms with E-state index >= 15 is 0 Å². The van der Waals surface area contributed by atoms with Gasteiger partial charge in [0.2, 0.25) is 6.29 Å². The van der Waals surface area contributed by atoms with Crippen molar-refractivity contribution < 1.29 is 28.5 Å². The van der Waals surface area contributed by atoms with E-state index in [0.717, 1.165) is 11.1 Å². The van der Waals surface area contributed by atoms with Crippen molar-refractivity contribution in [2.45, 2.75) is 39.9 Å². The summed E-state index contributed by atoms with van der Waals surface area (Å²) in [6.45, 7) is 20.8. The molecule has 0 atom stereocenters. The fraction of sp³-hybridized carbons (Fsp3) is 0.500. The van der Waals surface area contributed by atoms with Crippen LogP contribution < -0.4 is 0 Å². The molecule has 0 rings (SSSR count). The van der Waals surface area contributed by atoms with Crippen LogP contribution >= 0.6 is 0 Å². The van der Waals surface area contributed by atoms with Crippen LogP contribution in [0, 0.1) is 0 Å². The summed E-state index contributed by atoms with van der Waals surface area (Å²) in [7, 11) is 0. The van der Waals surface area contributed by atoms with Crippen molar-refractivity contribution in [3.8, 4) is 0 Å². The molecule has 0 aromatic rings. The minimum atomic E-state index is -1.02. The molecular formula is C20H30O6. The number of rotatable bonds is 14. The Bertz CT molecular complexity index is 501. The summed E-state index contributed by atoms with van der Waals surface area (Å²) < 4.78 is 20.9. The molecule has 0 aromatic heterocycles. The van der Waals surface area contributed by atoms with Crippen molar-refractivity contribution >= 4 is 11.9 Å². The predicted molar refractivity (Wildman–Crippen MR) is 100 cm³/mol. The highest BCUT2D eigenvalue weighted by Gasteiger charge is 2.21. The van der Waals surface area contributed by atoms with Gasteiger partial charge < -0.3 is 18.9 Å². The molecule has 6 nitrogen and oxygen atoms in total. The molecule has 0 aliphatic rings. The zero-order valence-corrected chi connectivity index (χ0v) is 16.1. The third kappa shape index (κ3) is 11.4. The van der Waals surface area contributed by atoms with Gasteiger partial charge in [-0.1, -0.05) is 44.4 Å². The molecule has 0 fully saturated rings. The molecule has 0 radical (unpaired) electrons.